The fourth-order valence-electron chi connectivity index (χ4n) is 8.04. The number of carbonyl (C=O) groups excluding carboxylic acids is 1. The molecule has 7 rings (SSSR count). The Morgan fingerprint density at radius 2 is 1.70 bits per heavy atom. The molecule has 1 amide bonds. The van der Waals surface area contributed by atoms with Crippen LogP contribution in [0.1, 0.15) is 79.4 Å². The van der Waals surface area contributed by atoms with Crippen LogP contribution in [-0.2, 0) is 52.5 Å². The molecule has 0 unspecified atom stereocenters. The average Bonchev–Trinajstić information content (AvgIpc) is 3.91. The summed E-state index contributed by atoms with van der Waals surface area (Å²) in [5, 5.41) is 10.8. The normalized spacial score (nSPS) is 16.7. The van der Waals surface area contributed by atoms with Gasteiger partial charge in [0.25, 0.3) is 5.92 Å². The molecule has 0 saturated carbocycles. The molecule has 63 heavy (non-hydrogen) atoms. The summed E-state index contributed by atoms with van der Waals surface area (Å²) in [5.41, 5.74) is -3.11. The number of anilines is 1. The molecule has 1 aliphatic rings. The summed E-state index contributed by atoms with van der Waals surface area (Å²) in [6.45, 7) is 6.70. The molecular formula is C42H39ClF7N9O3S. The van der Waals surface area contributed by atoms with Gasteiger partial charge in [-0.1, -0.05) is 37.4 Å². The molecule has 21 heteroatoms. The molecule has 0 fully saturated rings. The summed E-state index contributed by atoms with van der Waals surface area (Å²) in [5.74, 6) is -2.86. The number of alkyl halides is 5. The molecule has 0 aliphatic heterocycles. The van der Waals surface area contributed by atoms with Crippen molar-refractivity contribution in [3.8, 4) is 23.0 Å². The third-order valence-electron chi connectivity index (χ3n) is 11.0. The number of nitrogens with zero attached hydrogens (tertiary/aromatic N) is 7. The summed E-state index contributed by atoms with van der Waals surface area (Å²) >= 11 is 6.63. The number of aromatic nitrogens is 7. The predicted molar refractivity (Wildman–Crippen MR) is 220 cm³/mol. The highest BCUT2D eigenvalue weighted by molar-refractivity contribution is 7.92. The number of sulfonamides is 1. The van der Waals surface area contributed by atoms with Crippen molar-refractivity contribution in [3.05, 3.63) is 111 Å². The fraction of sp³-hybridized carbons (Fsp3) is 0.357. The minimum absolute atomic E-state index is 0.00753. The smallest absolute Gasteiger partial charge is 0.346 e. The van der Waals surface area contributed by atoms with Gasteiger partial charge in [0.1, 0.15) is 40.9 Å². The average molecular weight is 918 g/mol. The van der Waals surface area contributed by atoms with Gasteiger partial charge in [-0.25, -0.2) is 27.2 Å². The molecule has 4 heterocycles. The van der Waals surface area contributed by atoms with Crippen LogP contribution in [0.5, 0.6) is 0 Å². The van der Waals surface area contributed by atoms with Crippen molar-refractivity contribution < 1.29 is 43.9 Å². The van der Waals surface area contributed by atoms with Gasteiger partial charge in [0.2, 0.25) is 15.9 Å². The number of aryl methyl sites for hydroxylation is 2. The Labute approximate surface area is 361 Å². The topological polar surface area (TPSA) is 142 Å². The first-order valence-corrected chi connectivity index (χ1v) is 21.5. The van der Waals surface area contributed by atoms with Crippen molar-refractivity contribution in [2.75, 3.05) is 11.0 Å². The maximum atomic E-state index is 15.7. The van der Waals surface area contributed by atoms with Gasteiger partial charge >= 0.3 is 6.18 Å². The number of pyridine rings is 1. The lowest BCUT2D eigenvalue weighted by Crippen LogP contribution is -2.35. The second-order valence-corrected chi connectivity index (χ2v) is 18.2. The first-order valence-electron chi connectivity index (χ1n) is 19.2. The number of imidazole rings is 1. The fourth-order valence-corrected chi connectivity index (χ4v) is 8.78. The van der Waals surface area contributed by atoms with Crippen LogP contribution >= 0.6 is 11.6 Å². The zero-order valence-electron chi connectivity index (χ0n) is 34.6. The highest BCUT2D eigenvalue weighted by Crippen LogP contribution is 2.55. The summed E-state index contributed by atoms with van der Waals surface area (Å²) in [4.78, 5) is 23.3. The van der Waals surface area contributed by atoms with E-state index in [-0.39, 0.29) is 44.3 Å². The molecule has 332 valence electrons. The quantitative estimate of drug-likeness (QED) is 0.104. The number of amides is 1. The summed E-state index contributed by atoms with van der Waals surface area (Å²) in [6, 6.07) is 7.44. The molecule has 2 aromatic carbocycles. The molecule has 4 aromatic heterocycles. The monoisotopic (exact) mass is 917 g/mol. The highest BCUT2D eigenvalue weighted by Gasteiger charge is 2.57. The van der Waals surface area contributed by atoms with E-state index >= 15 is 8.78 Å². The van der Waals surface area contributed by atoms with Gasteiger partial charge in [-0.3, -0.25) is 18.9 Å². The molecule has 2 N–H and O–H groups in total. The van der Waals surface area contributed by atoms with Gasteiger partial charge in [0.15, 0.2) is 11.5 Å². The molecular weight excluding hydrogens is 879 g/mol. The van der Waals surface area contributed by atoms with E-state index in [1.165, 1.54) is 24.7 Å². The number of fused-ring (bicyclic) bond motifs is 2. The van der Waals surface area contributed by atoms with Gasteiger partial charge < -0.3 is 9.88 Å². The SMILES string of the molecule is Cc1nccn1C(C)(C)C#Cc1ccc(-c2ccc(Cl)c3c(NS(C)(=O)=O)nn(C)c23)c([C@H](Cc2cc(F)cc(F)c2)NC(=O)Cn2nc(C(F)(F)F)c3c2C(F)(F)[C@H](C)[C@@H]3C)n1. The molecule has 1 aliphatic carbocycles. The third-order valence-corrected chi connectivity index (χ3v) is 11.9. The van der Waals surface area contributed by atoms with Crippen LogP contribution < -0.4 is 10.0 Å². The van der Waals surface area contributed by atoms with Crippen LogP contribution in [0, 0.1) is 36.3 Å². The second-order valence-electron chi connectivity index (χ2n) is 16.0. The van der Waals surface area contributed by atoms with Gasteiger partial charge in [0.05, 0.1) is 33.9 Å². The summed E-state index contributed by atoms with van der Waals surface area (Å²) in [6.07, 6.45) is -1.24. The molecule has 3 atom stereocenters. The highest BCUT2D eigenvalue weighted by atomic mass is 35.5. The van der Waals surface area contributed by atoms with Crippen molar-refractivity contribution >= 4 is 44.3 Å². The van der Waals surface area contributed by atoms with E-state index in [1.54, 1.807) is 37.5 Å². The van der Waals surface area contributed by atoms with E-state index in [2.05, 4.69) is 37.1 Å². The molecule has 6 aromatic rings. The Morgan fingerprint density at radius 3 is 2.32 bits per heavy atom. The summed E-state index contributed by atoms with van der Waals surface area (Å²) < 4.78 is 134. The third kappa shape index (κ3) is 8.72. The number of halogens is 8. The van der Waals surface area contributed by atoms with E-state index < -0.39 is 93.0 Å². The number of hydrogen-bond donors (Lipinski definition) is 2. The Bertz CT molecular complexity index is 2960. The van der Waals surface area contributed by atoms with E-state index in [0.29, 0.717) is 22.1 Å². The van der Waals surface area contributed by atoms with Crippen molar-refractivity contribution in [1.82, 2.24) is 39.4 Å². The standard InChI is InChI=1S/C42H39ClF7N9O3S/c1-21-22(2)41(46,47)38-33(21)37(42(48,49)50)54-59(38)20-32(60)53-31(18-24-16-25(44)19-26(45)17-24)35-28(9-8-27(52-35)12-13-40(4,5)58-15-14-51-23(58)3)29-10-11-30(43)34-36(29)57(6)55-39(34)56-63(7,61)62/h8-11,14-17,19,21-22,31H,18,20H2,1-7H3,(H,53,60)(H,55,56)/t21-,22+,31-/m0/s1. The molecule has 0 radical (unpaired) electrons. The lowest BCUT2D eigenvalue weighted by molar-refractivity contribution is -0.143. The van der Waals surface area contributed by atoms with Crippen molar-refractivity contribution in [2.45, 2.75) is 77.2 Å². The Hall–Kier alpha value is -5.94. The lowest BCUT2D eigenvalue weighted by atomic mass is 9.93. The van der Waals surface area contributed by atoms with Crippen molar-refractivity contribution in [2.24, 2.45) is 13.0 Å². The van der Waals surface area contributed by atoms with E-state index in [1.807, 2.05) is 18.4 Å². The van der Waals surface area contributed by atoms with E-state index in [0.717, 1.165) is 25.3 Å². The molecule has 12 nitrogen and oxygen atoms in total. The number of nitrogens with one attached hydrogen (secondary N) is 2. The van der Waals surface area contributed by atoms with Gasteiger partial charge in [-0.15, -0.1) is 0 Å². The predicted octanol–water partition coefficient (Wildman–Crippen LogP) is 8.39. The van der Waals surface area contributed by atoms with Gasteiger partial charge in [-0.2, -0.15) is 32.1 Å². The van der Waals surface area contributed by atoms with Crippen LogP contribution in [0.15, 0.2) is 54.9 Å². The van der Waals surface area contributed by atoms with Crippen LogP contribution in [0.25, 0.3) is 22.0 Å². The molecule has 0 spiro atoms. The van der Waals surface area contributed by atoms with Gasteiger partial charge in [0, 0.05) is 48.1 Å². The van der Waals surface area contributed by atoms with Crippen molar-refractivity contribution in [1.29, 1.82) is 0 Å². The molecule has 0 saturated heterocycles. The second kappa shape index (κ2) is 16.0. The number of rotatable bonds is 10. The Balaban J connectivity index is 1.42. The molecule has 0 bridgehead atoms. The van der Waals surface area contributed by atoms with Crippen molar-refractivity contribution in [3.63, 3.8) is 0 Å². The Kier molecular flexibility index (Phi) is 11.5. The minimum Gasteiger partial charge on any atom is -0.346 e. The largest absolute Gasteiger partial charge is 0.435 e. The zero-order valence-corrected chi connectivity index (χ0v) is 36.2. The Morgan fingerprint density at radius 1 is 1.03 bits per heavy atom. The maximum Gasteiger partial charge on any atom is 0.435 e. The van der Waals surface area contributed by atoms with Gasteiger partial charge in [-0.05, 0) is 74.9 Å². The zero-order chi connectivity index (χ0) is 46.1. The lowest BCUT2D eigenvalue weighted by Gasteiger charge is -2.24. The number of hydrogen-bond acceptors (Lipinski definition) is 7. The van der Waals surface area contributed by atoms with Crippen LogP contribution in [0.4, 0.5) is 36.6 Å². The number of carbonyl (C=O) groups is 1. The van der Waals surface area contributed by atoms with Crippen LogP contribution in [0.2, 0.25) is 5.02 Å². The van der Waals surface area contributed by atoms with E-state index in [9.17, 15) is 35.2 Å². The summed E-state index contributed by atoms with van der Waals surface area (Å²) in [7, 11) is -2.34. The number of benzene rings is 2. The van der Waals surface area contributed by atoms with Crippen LogP contribution in [0.3, 0.4) is 0 Å². The maximum absolute atomic E-state index is 15.7. The minimum atomic E-state index is -5.12. The van der Waals surface area contributed by atoms with E-state index in [4.69, 9.17) is 16.6 Å². The van der Waals surface area contributed by atoms with Crippen LogP contribution in [-0.4, -0.2) is 54.7 Å². The first kappa shape index (κ1) is 45.1. The first-order chi connectivity index (χ1) is 29.3.